The summed E-state index contributed by atoms with van der Waals surface area (Å²) in [5.41, 5.74) is 0. The smallest absolute Gasteiger partial charge is 0.306 e. The van der Waals surface area contributed by atoms with Gasteiger partial charge in [0, 0.05) is 12.8 Å². The molecule has 0 aliphatic carbocycles. The first-order chi connectivity index (χ1) is 30.6. The molecule has 9 nitrogen and oxygen atoms in total. The summed E-state index contributed by atoms with van der Waals surface area (Å²) in [7, 11) is 5.87. The Bertz CT molecular complexity index is 1440. The molecule has 9 heteroatoms. The SMILES string of the molecule is CC/C=C\C/C=C\C/C=C\C/C=C\C/C=C\C/C=C\CCCCCCC(=O)OC(COC(=O)CCCC/C=C\C/C=C\C/C=C\C/C=C\CC)COC(OCC[N+](C)(C)C)C(=O)[O-]. The molecule has 0 aliphatic rings. The van der Waals surface area contributed by atoms with Crippen molar-refractivity contribution < 1.29 is 42.9 Å². The summed E-state index contributed by atoms with van der Waals surface area (Å²) in [6.07, 6.45) is 58.1. The van der Waals surface area contributed by atoms with Gasteiger partial charge in [0.15, 0.2) is 12.4 Å². The number of nitrogens with zero attached hydrogens (tertiary/aromatic N) is 1. The van der Waals surface area contributed by atoms with Crippen LogP contribution in [0.15, 0.2) is 122 Å². The van der Waals surface area contributed by atoms with Gasteiger partial charge >= 0.3 is 11.9 Å². The average Bonchev–Trinajstić information content (AvgIpc) is 3.24. The number of hydrogen-bond acceptors (Lipinski definition) is 8. The van der Waals surface area contributed by atoms with Gasteiger partial charge in [-0.25, -0.2) is 0 Å². The van der Waals surface area contributed by atoms with Gasteiger partial charge in [-0.2, -0.15) is 0 Å². The quantitative estimate of drug-likeness (QED) is 0.0196. The molecular weight excluding hydrogens is 791 g/mol. The number of allylic oxidation sites excluding steroid dienone is 20. The fourth-order valence-electron chi connectivity index (χ4n) is 5.59. The highest BCUT2D eigenvalue weighted by Gasteiger charge is 2.21. The monoisotopic (exact) mass is 876 g/mol. The number of carboxylic acids is 1. The van der Waals surface area contributed by atoms with Crippen molar-refractivity contribution >= 4 is 17.9 Å². The van der Waals surface area contributed by atoms with Crippen LogP contribution >= 0.6 is 0 Å². The van der Waals surface area contributed by atoms with Crippen LogP contribution in [0.4, 0.5) is 0 Å². The Balaban J connectivity index is 4.54. The van der Waals surface area contributed by atoms with E-state index >= 15 is 0 Å². The highest BCUT2D eigenvalue weighted by atomic mass is 16.7. The molecule has 0 radical (unpaired) electrons. The molecule has 0 spiro atoms. The normalized spacial score (nSPS) is 14.0. The number of hydrogen-bond donors (Lipinski definition) is 0. The van der Waals surface area contributed by atoms with Crippen LogP contribution in [-0.2, 0) is 33.3 Å². The van der Waals surface area contributed by atoms with Gasteiger partial charge in [-0.15, -0.1) is 0 Å². The molecular formula is C54H85NO8. The van der Waals surface area contributed by atoms with Gasteiger partial charge < -0.3 is 33.3 Å². The molecule has 0 fully saturated rings. The second-order valence-corrected chi connectivity index (χ2v) is 16.3. The first-order valence-electron chi connectivity index (χ1n) is 23.7. The van der Waals surface area contributed by atoms with E-state index in [1.54, 1.807) is 0 Å². The Morgan fingerprint density at radius 2 is 0.857 bits per heavy atom. The number of ether oxygens (including phenoxy) is 4. The Kier molecular flexibility index (Phi) is 41.3. The van der Waals surface area contributed by atoms with Crippen LogP contribution in [-0.4, -0.2) is 82.3 Å². The van der Waals surface area contributed by atoms with Crippen molar-refractivity contribution in [3.8, 4) is 0 Å². The van der Waals surface area contributed by atoms with Crippen LogP contribution in [0, 0.1) is 0 Å². The third-order valence-corrected chi connectivity index (χ3v) is 9.20. The Morgan fingerprint density at radius 3 is 1.29 bits per heavy atom. The van der Waals surface area contributed by atoms with E-state index in [2.05, 4.69) is 135 Å². The third kappa shape index (κ3) is 45.5. The van der Waals surface area contributed by atoms with Crippen LogP contribution in [0.25, 0.3) is 0 Å². The zero-order valence-corrected chi connectivity index (χ0v) is 39.9. The van der Waals surface area contributed by atoms with Gasteiger partial charge in [0.1, 0.15) is 13.2 Å². The number of unbranched alkanes of at least 4 members (excludes halogenated alkanes) is 6. The maximum absolute atomic E-state index is 12.8. The molecule has 0 aromatic rings. The van der Waals surface area contributed by atoms with E-state index < -0.39 is 30.3 Å². The molecule has 63 heavy (non-hydrogen) atoms. The van der Waals surface area contributed by atoms with E-state index in [9.17, 15) is 19.5 Å². The van der Waals surface area contributed by atoms with E-state index in [-0.39, 0.29) is 32.7 Å². The molecule has 2 atom stereocenters. The van der Waals surface area contributed by atoms with Crippen LogP contribution in [0.1, 0.15) is 142 Å². The second kappa shape index (κ2) is 44.3. The number of carbonyl (C=O) groups is 3. The molecule has 0 rings (SSSR count). The lowest BCUT2D eigenvalue weighted by atomic mass is 10.1. The topological polar surface area (TPSA) is 111 Å². The Labute approximate surface area is 383 Å². The zero-order chi connectivity index (χ0) is 46.3. The lowest BCUT2D eigenvalue weighted by Crippen LogP contribution is -2.44. The minimum Gasteiger partial charge on any atom is -0.545 e. The molecule has 0 saturated carbocycles. The van der Waals surface area contributed by atoms with E-state index in [0.29, 0.717) is 23.9 Å². The van der Waals surface area contributed by atoms with E-state index in [0.717, 1.165) is 103 Å². The summed E-state index contributed by atoms with van der Waals surface area (Å²) in [4.78, 5) is 37.0. The molecule has 0 amide bonds. The number of likely N-dealkylation sites (N-methyl/N-ethyl adjacent to an activating group) is 1. The standard InChI is InChI=1S/C54H85NO8/c1-6-8-10-12-14-16-18-20-22-23-24-25-26-27-28-29-31-33-35-37-39-41-43-45-52(57)63-50(49-62-54(53(58)59)60-47-46-55(3,4)5)48-61-51(56)44-42-40-38-36-34-32-30-21-19-17-15-13-11-9-7-2/h8-11,14-17,20-22,24-25,27-28,30-31,33-34,36,50,54H,6-7,12-13,18-19,23,26,29,32,35,37-49H2,1-5H3/b10-8-,11-9-,16-14-,17-15-,22-20-,25-24-,28-27-,30-21-,33-31-,36-34-. The molecule has 0 saturated heterocycles. The summed E-state index contributed by atoms with van der Waals surface area (Å²) < 4.78 is 22.5. The number of quaternary nitrogens is 1. The van der Waals surface area contributed by atoms with Crippen LogP contribution in [0.3, 0.4) is 0 Å². The van der Waals surface area contributed by atoms with Crippen LogP contribution < -0.4 is 5.11 Å². The fourth-order valence-corrected chi connectivity index (χ4v) is 5.59. The van der Waals surface area contributed by atoms with Gasteiger partial charge in [-0.1, -0.05) is 148 Å². The Morgan fingerprint density at radius 1 is 0.476 bits per heavy atom. The maximum atomic E-state index is 12.8. The fraction of sp³-hybridized carbons (Fsp3) is 0.574. The molecule has 0 aliphatic heterocycles. The van der Waals surface area contributed by atoms with Crippen molar-refractivity contribution in [3.05, 3.63) is 122 Å². The van der Waals surface area contributed by atoms with E-state index in [4.69, 9.17) is 18.9 Å². The highest BCUT2D eigenvalue weighted by molar-refractivity contribution is 5.70. The minimum atomic E-state index is -1.65. The minimum absolute atomic E-state index is 0.128. The van der Waals surface area contributed by atoms with Gasteiger partial charge in [-0.3, -0.25) is 9.59 Å². The summed E-state index contributed by atoms with van der Waals surface area (Å²) >= 11 is 0. The van der Waals surface area contributed by atoms with Crippen LogP contribution in [0.2, 0.25) is 0 Å². The molecule has 0 bridgehead atoms. The summed E-state index contributed by atoms with van der Waals surface area (Å²) in [6, 6.07) is 0. The van der Waals surface area contributed by atoms with Gasteiger partial charge in [-0.05, 0) is 103 Å². The van der Waals surface area contributed by atoms with Crippen molar-refractivity contribution in [2.75, 3.05) is 47.5 Å². The van der Waals surface area contributed by atoms with Gasteiger partial charge in [0.25, 0.3) is 0 Å². The summed E-state index contributed by atoms with van der Waals surface area (Å²) in [5.74, 6) is -2.40. The molecule has 0 heterocycles. The third-order valence-electron chi connectivity index (χ3n) is 9.20. The predicted octanol–water partition coefficient (Wildman–Crippen LogP) is 11.7. The molecule has 354 valence electrons. The number of esters is 2. The van der Waals surface area contributed by atoms with E-state index in [1.807, 2.05) is 21.1 Å². The van der Waals surface area contributed by atoms with Crippen molar-refractivity contribution in [2.24, 2.45) is 0 Å². The molecule has 2 unspecified atom stereocenters. The average molecular weight is 876 g/mol. The molecule has 0 N–H and O–H groups in total. The second-order valence-electron chi connectivity index (χ2n) is 16.3. The van der Waals surface area contributed by atoms with Gasteiger partial charge in [0.05, 0.1) is 40.3 Å². The number of carbonyl (C=O) groups excluding carboxylic acids is 3. The largest absolute Gasteiger partial charge is 0.545 e. The van der Waals surface area contributed by atoms with Crippen molar-refractivity contribution in [3.63, 3.8) is 0 Å². The summed E-state index contributed by atoms with van der Waals surface area (Å²) in [5, 5.41) is 11.7. The number of aliphatic carboxylic acids is 1. The van der Waals surface area contributed by atoms with Crippen molar-refractivity contribution in [2.45, 2.75) is 155 Å². The van der Waals surface area contributed by atoms with Crippen molar-refractivity contribution in [1.82, 2.24) is 0 Å². The van der Waals surface area contributed by atoms with Crippen LogP contribution in [0.5, 0.6) is 0 Å². The predicted molar refractivity (Wildman–Crippen MR) is 260 cm³/mol. The number of rotatable bonds is 41. The lowest BCUT2D eigenvalue weighted by Gasteiger charge is -2.26. The summed E-state index contributed by atoms with van der Waals surface area (Å²) in [6.45, 7) is 4.39. The first kappa shape index (κ1) is 58.7. The van der Waals surface area contributed by atoms with Crippen molar-refractivity contribution in [1.29, 1.82) is 0 Å². The first-order valence-corrected chi connectivity index (χ1v) is 23.7. The lowest BCUT2D eigenvalue weighted by molar-refractivity contribution is -0.870. The number of carboxylic acid groups (broad SMARTS) is 1. The maximum Gasteiger partial charge on any atom is 0.306 e. The molecule has 0 aromatic carbocycles. The zero-order valence-electron chi connectivity index (χ0n) is 39.9. The highest BCUT2D eigenvalue weighted by Crippen LogP contribution is 2.11. The molecule has 0 aromatic heterocycles. The van der Waals surface area contributed by atoms with E-state index in [1.165, 1.54) is 0 Å². The Hall–Kier alpha value is -4.31. The van der Waals surface area contributed by atoms with Gasteiger partial charge in [0.2, 0.25) is 0 Å².